The molecule has 2 heterocycles. The van der Waals surface area contributed by atoms with Crippen LogP contribution in [0.25, 0.3) is 0 Å². The van der Waals surface area contributed by atoms with Gasteiger partial charge in [0.25, 0.3) is 0 Å². The summed E-state index contributed by atoms with van der Waals surface area (Å²) in [6.07, 6.45) is 0.824. The molecule has 0 bridgehead atoms. The molecule has 0 radical (unpaired) electrons. The molecule has 3 rings (SSSR count). The molecule has 1 amide bonds. The SMILES string of the molecule is O=C1Cc2cc(C(O)C3CCOC3)ccc2N1. The Bertz CT molecular complexity index is 452. The molecule has 2 aliphatic rings. The summed E-state index contributed by atoms with van der Waals surface area (Å²) in [4.78, 5) is 11.2. The zero-order chi connectivity index (χ0) is 11.8. The van der Waals surface area contributed by atoms with Gasteiger partial charge in [-0.15, -0.1) is 0 Å². The minimum absolute atomic E-state index is 0.0239. The van der Waals surface area contributed by atoms with Gasteiger partial charge in [-0.05, 0) is 23.6 Å². The summed E-state index contributed by atoms with van der Waals surface area (Å²) in [5.41, 5.74) is 2.73. The summed E-state index contributed by atoms with van der Waals surface area (Å²) in [5, 5.41) is 13.0. The Morgan fingerprint density at radius 1 is 1.47 bits per heavy atom. The highest BCUT2D eigenvalue weighted by atomic mass is 16.5. The van der Waals surface area contributed by atoms with E-state index in [2.05, 4.69) is 5.32 Å². The average Bonchev–Trinajstić information content (AvgIpc) is 2.94. The van der Waals surface area contributed by atoms with Gasteiger partial charge in [-0.2, -0.15) is 0 Å². The lowest BCUT2D eigenvalue weighted by atomic mass is 9.93. The smallest absolute Gasteiger partial charge is 0.228 e. The topological polar surface area (TPSA) is 58.6 Å². The largest absolute Gasteiger partial charge is 0.388 e. The minimum Gasteiger partial charge on any atom is -0.388 e. The number of ether oxygens (including phenoxy) is 1. The van der Waals surface area contributed by atoms with Gasteiger partial charge in [0, 0.05) is 18.2 Å². The normalized spacial score (nSPS) is 24.5. The highest BCUT2D eigenvalue weighted by Crippen LogP contribution is 2.32. The molecule has 1 saturated heterocycles. The van der Waals surface area contributed by atoms with Crippen LogP contribution in [0.3, 0.4) is 0 Å². The van der Waals surface area contributed by atoms with E-state index < -0.39 is 6.10 Å². The third-order valence-electron chi connectivity index (χ3n) is 3.51. The number of carbonyl (C=O) groups excluding carboxylic acids is 1. The van der Waals surface area contributed by atoms with Crippen LogP contribution in [-0.2, 0) is 16.0 Å². The van der Waals surface area contributed by atoms with Crippen LogP contribution in [0, 0.1) is 5.92 Å². The summed E-state index contributed by atoms with van der Waals surface area (Å²) in [5.74, 6) is 0.203. The zero-order valence-electron chi connectivity index (χ0n) is 9.48. The van der Waals surface area contributed by atoms with Crippen molar-refractivity contribution in [2.75, 3.05) is 18.5 Å². The van der Waals surface area contributed by atoms with E-state index in [1.165, 1.54) is 0 Å². The summed E-state index contributed by atoms with van der Waals surface area (Å²) in [7, 11) is 0. The van der Waals surface area contributed by atoms with Crippen LogP contribution >= 0.6 is 0 Å². The van der Waals surface area contributed by atoms with Crippen LogP contribution < -0.4 is 5.32 Å². The van der Waals surface area contributed by atoms with E-state index in [-0.39, 0.29) is 11.8 Å². The molecule has 2 atom stereocenters. The van der Waals surface area contributed by atoms with Gasteiger partial charge in [0.1, 0.15) is 0 Å². The van der Waals surface area contributed by atoms with Crippen molar-refractivity contribution in [3.63, 3.8) is 0 Å². The molecule has 0 aliphatic carbocycles. The Labute approximate surface area is 99.6 Å². The lowest BCUT2D eigenvalue weighted by molar-refractivity contribution is -0.115. The van der Waals surface area contributed by atoms with Crippen molar-refractivity contribution in [2.45, 2.75) is 18.9 Å². The Morgan fingerprint density at radius 3 is 3.12 bits per heavy atom. The van der Waals surface area contributed by atoms with Gasteiger partial charge in [0.15, 0.2) is 0 Å². The monoisotopic (exact) mass is 233 g/mol. The molecule has 90 valence electrons. The van der Waals surface area contributed by atoms with E-state index in [1.807, 2.05) is 18.2 Å². The molecule has 2 N–H and O–H groups in total. The molecule has 4 heteroatoms. The van der Waals surface area contributed by atoms with E-state index in [0.29, 0.717) is 13.0 Å². The van der Waals surface area contributed by atoms with Gasteiger partial charge in [0.05, 0.1) is 19.1 Å². The molecule has 17 heavy (non-hydrogen) atoms. The van der Waals surface area contributed by atoms with Gasteiger partial charge in [-0.3, -0.25) is 4.79 Å². The number of anilines is 1. The number of benzene rings is 1. The van der Waals surface area contributed by atoms with Crippen molar-refractivity contribution in [1.29, 1.82) is 0 Å². The van der Waals surface area contributed by atoms with E-state index in [9.17, 15) is 9.90 Å². The van der Waals surface area contributed by atoms with Crippen LogP contribution in [0.4, 0.5) is 5.69 Å². The maximum absolute atomic E-state index is 11.2. The van der Waals surface area contributed by atoms with Gasteiger partial charge < -0.3 is 15.2 Å². The molecule has 0 spiro atoms. The average molecular weight is 233 g/mol. The fourth-order valence-electron chi connectivity index (χ4n) is 2.51. The van der Waals surface area contributed by atoms with E-state index in [1.54, 1.807) is 0 Å². The molecule has 1 aromatic carbocycles. The molecule has 0 aromatic heterocycles. The Hall–Kier alpha value is -1.39. The lowest BCUT2D eigenvalue weighted by Gasteiger charge is -2.17. The van der Waals surface area contributed by atoms with Gasteiger partial charge in [-0.25, -0.2) is 0 Å². The van der Waals surface area contributed by atoms with Crippen LogP contribution in [0.15, 0.2) is 18.2 Å². The summed E-state index contributed by atoms with van der Waals surface area (Å²) in [6, 6.07) is 5.68. The second-order valence-corrected chi connectivity index (χ2v) is 4.71. The third kappa shape index (κ3) is 1.94. The molecule has 2 unspecified atom stereocenters. The summed E-state index contributed by atoms with van der Waals surface area (Å²) in [6.45, 7) is 1.35. The minimum atomic E-state index is -0.487. The number of amides is 1. The van der Waals surface area contributed by atoms with Crippen LogP contribution in [0.2, 0.25) is 0 Å². The maximum Gasteiger partial charge on any atom is 0.228 e. The van der Waals surface area contributed by atoms with E-state index in [4.69, 9.17) is 4.74 Å². The van der Waals surface area contributed by atoms with E-state index >= 15 is 0 Å². The van der Waals surface area contributed by atoms with Gasteiger partial charge in [-0.1, -0.05) is 12.1 Å². The van der Waals surface area contributed by atoms with Crippen molar-refractivity contribution in [2.24, 2.45) is 5.92 Å². The second kappa shape index (κ2) is 4.13. The number of nitrogens with one attached hydrogen (secondary N) is 1. The lowest BCUT2D eigenvalue weighted by Crippen LogP contribution is -2.12. The first-order valence-corrected chi connectivity index (χ1v) is 5.92. The number of fused-ring (bicyclic) bond motifs is 1. The third-order valence-corrected chi connectivity index (χ3v) is 3.51. The molecule has 0 saturated carbocycles. The Morgan fingerprint density at radius 2 is 2.35 bits per heavy atom. The molecular formula is C13H15NO3. The number of aliphatic hydroxyl groups is 1. The predicted molar refractivity (Wildman–Crippen MR) is 62.7 cm³/mol. The number of hydrogen-bond donors (Lipinski definition) is 2. The summed E-state index contributed by atoms with van der Waals surface area (Å²) < 4.78 is 5.28. The van der Waals surface area contributed by atoms with Crippen molar-refractivity contribution in [1.82, 2.24) is 0 Å². The number of carbonyl (C=O) groups is 1. The van der Waals surface area contributed by atoms with Crippen LogP contribution in [0.1, 0.15) is 23.7 Å². The van der Waals surface area contributed by atoms with Crippen molar-refractivity contribution in [3.05, 3.63) is 29.3 Å². The fraction of sp³-hybridized carbons (Fsp3) is 0.462. The highest BCUT2D eigenvalue weighted by Gasteiger charge is 2.26. The van der Waals surface area contributed by atoms with Crippen LogP contribution in [-0.4, -0.2) is 24.2 Å². The molecule has 2 aliphatic heterocycles. The number of aliphatic hydroxyl groups excluding tert-OH is 1. The second-order valence-electron chi connectivity index (χ2n) is 4.71. The zero-order valence-corrected chi connectivity index (χ0v) is 9.48. The Balaban J connectivity index is 1.84. The maximum atomic E-state index is 11.2. The predicted octanol–water partition coefficient (Wildman–Crippen LogP) is 1.25. The first-order valence-electron chi connectivity index (χ1n) is 5.92. The molecular weight excluding hydrogens is 218 g/mol. The van der Waals surface area contributed by atoms with Crippen molar-refractivity contribution in [3.8, 4) is 0 Å². The number of hydrogen-bond acceptors (Lipinski definition) is 3. The quantitative estimate of drug-likeness (QED) is 0.808. The molecule has 1 aromatic rings. The van der Waals surface area contributed by atoms with E-state index in [0.717, 1.165) is 29.8 Å². The highest BCUT2D eigenvalue weighted by molar-refractivity contribution is 5.99. The van der Waals surface area contributed by atoms with Crippen molar-refractivity contribution < 1.29 is 14.6 Å². The van der Waals surface area contributed by atoms with Gasteiger partial charge in [0.2, 0.25) is 5.91 Å². The first kappa shape index (κ1) is 10.7. The standard InChI is InChI=1S/C13H15NO3/c15-12-6-10-5-8(1-2-11(10)14-12)13(16)9-3-4-17-7-9/h1-2,5,9,13,16H,3-4,6-7H2,(H,14,15). The van der Waals surface area contributed by atoms with Crippen molar-refractivity contribution >= 4 is 11.6 Å². The molecule has 1 fully saturated rings. The Kier molecular flexibility index (Phi) is 2.61. The summed E-state index contributed by atoms with van der Waals surface area (Å²) >= 11 is 0. The number of rotatable bonds is 2. The first-order chi connectivity index (χ1) is 8.24. The fourth-order valence-corrected chi connectivity index (χ4v) is 2.51. The van der Waals surface area contributed by atoms with Gasteiger partial charge >= 0.3 is 0 Å². The van der Waals surface area contributed by atoms with Crippen LogP contribution in [0.5, 0.6) is 0 Å². The molecule has 4 nitrogen and oxygen atoms in total.